The fourth-order valence-electron chi connectivity index (χ4n) is 1.70. The van der Waals surface area contributed by atoms with Gasteiger partial charge in [-0.1, -0.05) is 6.07 Å². The molecule has 4 heteroatoms. The topological polar surface area (TPSA) is 23.5 Å². The minimum absolute atomic E-state index is 0.122. The third-order valence-electron chi connectivity index (χ3n) is 2.69. The lowest BCUT2D eigenvalue weighted by molar-refractivity contribution is 0.269. The van der Waals surface area contributed by atoms with Crippen LogP contribution in [0.4, 0.5) is 8.78 Å². The van der Waals surface area contributed by atoms with Crippen LogP contribution in [0, 0.1) is 11.6 Å². The molecule has 0 aliphatic carbocycles. The third-order valence-corrected chi connectivity index (χ3v) is 2.69. The van der Waals surface area contributed by atoms with Crippen molar-refractivity contribution in [3.05, 3.63) is 35.4 Å². The fourth-order valence-corrected chi connectivity index (χ4v) is 1.70. The van der Waals surface area contributed by atoms with Gasteiger partial charge in [-0.3, -0.25) is 0 Å². The highest BCUT2D eigenvalue weighted by Crippen LogP contribution is 2.14. The Bertz CT molecular complexity index is 324. The van der Waals surface area contributed by atoms with E-state index in [2.05, 4.69) is 0 Å². The van der Waals surface area contributed by atoms with Crippen LogP contribution in [0.3, 0.4) is 0 Å². The van der Waals surface area contributed by atoms with Crippen molar-refractivity contribution in [1.82, 2.24) is 4.90 Å². The first-order chi connectivity index (χ1) is 8.15. The van der Waals surface area contributed by atoms with Crippen molar-refractivity contribution in [3.63, 3.8) is 0 Å². The molecule has 0 saturated carbocycles. The highest BCUT2D eigenvalue weighted by atomic mass is 19.1. The average Bonchev–Trinajstić information content (AvgIpc) is 2.30. The number of benzene rings is 1. The van der Waals surface area contributed by atoms with Gasteiger partial charge < -0.3 is 10.0 Å². The summed E-state index contributed by atoms with van der Waals surface area (Å²) in [6.45, 7) is 1.25. The molecule has 0 amide bonds. The number of nitrogens with zero attached hydrogens (tertiary/aromatic N) is 1. The summed E-state index contributed by atoms with van der Waals surface area (Å²) in [5.74, 6) is -0.987. The van der Waals surface area contributed by atoms with Crippen molar-refractivity contribution in [2.45, 2.75) is 25.8 Å². The highest BCUT2D eigenvalue weighted by molar-refractivity contribution is 5.19. The van der Waals surface area contributed by atoms with Gasteiger partial charge in [0.25, 0.3) is 0 Å². The molecule has 0 unspecified atom stereocenters. The van der Waals surface area contributed by atoms with Crippen LogP contribution < -0.4 is 0 Å². The molecule has 0 heterocycles. The molecule has 1 N–H and O–H groups in total. The number of hydrogen-bond donors (Lipinski definition) is 1. The number of halogens is 2. The maximum absolute atomic E-state index is 13.4. The van der Waals surface area contributed by atoms with E-state index in [-0.39, 0.29) is 18.7 Å². The summed E-state index contributed by atoms with van der Waals surface area (Å²) in [6, 6.07) is 3.92. The molecular weight excluding hydrogens is 224 g/mol. The molecule has 0 spiro atoms. The van der Waals surface area contributed by atoms with Gasteiger partial charge in [0.1, 0.15) is 11.6 Å². The van der Waals surface area contributed by atoms with Gasteiger partial charge in [-0.05, 0) is 45.0 Å². The molecule has 0 atom stereocenters. The van der Waals surface area contributed by atoms with E-state index < -0.39 is 11.6 Å². The first-order valence-corrected chi connectivity index (χ1v) is 5.87. The van der Waals surface area contributed by atoms with Gasteiger partial charge in [-0.15, -0.1) is 0 Å². The second kappa shape index (κ2) is 7.35. The largest absolute Gasteiger partial charge is 0.396 e. The second-order valence-electron chi connectivity index (χ2n) is 4.22. The van der Waals surface area contributed by atoms with E-state index in [1.54, 1.807) is 0 Å². The molecule has 96 valence electrons. The van der Waals surface area contributed by atoms with Crippen molar-refractivity contribution < 1.29 is 13.9 Å². The van der Waals surface area contributed by atoms with Crippen LogP contribution in [0.1, 0.15) is 24.8 Å². The molecule has 0 bridgehead atoms. The zero-order valence-corrected chi connectivity index (χ0v) is 10.1. The van der Waals surface area contributed by atoms with E-state index in [0.29, 0.717) is 0 Å². The number of unbranched alkanes of at least 4 members (excludes halogenated alkanes) is 2. The van der Waals surface area contributed by atoms with Crippen molar-refractivity contribution in [1.29, 1.82) is 0 Å². The van der Waals surface area contributed by atoms with Gasteiger partial charge in [0.2, 0.25) is 0 Å². The van der Waals surface area contributed by atoms with Crippen LogP contribution in [-0.4, -0.2) is 30.2 Å². The van der Waals surface area contributed by atoms with Crippen molar-refractivity contribution in [2.24, 2.45) is 0 Å². The maximum Gasteiger partial charge on any atom is 0.130 e. The Labute approximate surface area is 101 Å². The van der Waals surface area contributed by atoms with Crippen LogP contribution >= 0.6 is 0 Å². The van der Waals surface area contributed by atoms with E-state index in [1.165, 1.54) is 18.2 Å². The molecule has 2 nitrogen and oxygen atoms in total. The summed E-state index contributed by atoms with van der Waals surface area (Å²) in [4.78, 5) is 1.89. The second-order valence-corrected chi connectivity index (χ2v) is 4.22. The summed E-state index contributed by atoms with van der Waals surface area (Å²) in [5, 5.41) is 8.63. The Morgan fingerprint density at radius 3 is 2.35 bits per heavy atom. The zero-order chi connectivity index (χ0) is 12.7. The highest BCUT2D eigenvalue weighted by Gasteiger charge is 2.10. The predicted molar refractivity (Wildman–Crippen MR) is 63.6 cm³/mol. The molecule has 0 fully saturated rings. The average molecular weight is 243 g/mol. The van der Waals surface area contributed by atoms with E-state index in [9.17, 15) is 8.78 Å². The number of hydrogen-bond acceptors (Lipinski definition) is 2. The smallest absolute Gasteiger partial charge is 0.130 e. The molecule has 1 aromatic carbocycles. The minimum Gasteiger partial charge on any atom is -0.396 e. The lowest BCUT2D eigenvalue weighted by atomic mass is 10.1. The van der Waals surface area contributed by atoms with Crippen LogP contribution in [0.5, 0.6) is 0 Å². The Morgan fingerprint density at radius 1 is 1.12 bits per heavy atom. The lowest BCUT2D eigenvalue weighted by Gasteiger charge is -2.17. The molecule has 0 aliphatic rings. The quantitative estimate of drug-likeness (QED) is 0.744. The van der Waals surface area contributed by atoms with E-state index in [4.69, 9.17) is 5.11 Å². The number of aliphatic hydroxyl groups is 1. The summed E-state index contributed by atoms with van der Waals surface area (Å²) >= 11 is 0. The van der Waals surface area contributed by atoms with Gasteiger partial charge >= 0.3 is 0 Å². The first kappa shape index (κ1) is 14.1. The molecule has 0 aromatic heterocycles. The molecular formula is C13H19F2NO. The van der Waals surface area contributed by atoms with Crippen LogP contribution in [-0.2, 0) is 6.54 Å². The first-order valence-electron chi connectivity index (χ1n) is 5.87. The summed E-state index contributed by atoms with van der Waals surface area (Å²) in [5.41, 5.74) is 0.122. The molecule has 1 rings (SSSR count). The molecule has 0 saturated heterocycles. The van der Waals surface area contributed by atoms with Crippen molar-refractivity contribution in [2.75, 3.05) is 20.2 Å². The predicted octanol–water partition coefficient (Wildman–Crippen LogP) is 2.56. The van der Waals surface area contributed by atoms with Crippen molar-refractivity contribution >= 4 is 0 Å². The minimum atomic E-state index is -0.493. The Morgan fingerprint density at radius 2 is 1.76 bits per heavy atom. The summed E-state index contributed by atoms with van der Waals surface area (Å²) < 4.78 is 26.7. The van der Waals surface area contributed by atoms with E-state index in [0.717, 1.165) is 25.8 Å². The van der Waals surface area contributed by atoms with E-state index >= 15 is 0 Å². The van der Waals surface area contributed by atoms with Gasteiger partial charge in [-0.2, -0.15) is 0 Å². The molecule has 0 radical (unpaired) electrons. The zero-order valence-electron chi connectivity index (χ0n) is 10.1. The van der Waals surface area contributed by atoms with Crippen molar-refractivity contribution in [3.8, 4) is 0 Å². The number of rotatable bonds is 7. The monoisotopic (exact) mass is 243 g/mol. The summed E-state index contributed by atoms with van der Waals surface area (Å²) in [7, 11) is 1.84. The molecule has 0 aliphatic heterocycles. The summed E-state index contributed by atoms with van der Waals surface area (Å²) in [6.07, 6.45) is 2.63. The van der Waals surface area contributed by atoms with E-state index in [1.807, 2.05) is 11.9 Å². The fraction of sp³-hybridized carbons (Fsp3) is 0.538. The van der Waals surface area contributed by atoms with Gasteiger partial charge in [0, 0.05) is 18.7 Å². The van der Waals surface area contributed by atoms with Gasteiger partial charge in [0.05, 0.1) is 0 Å². The standard InChI is InChI=1S/C13H19F2NO/c1-16(8-3-2-4-9-17)10-11-12(14)6-5-7-13(11)15/h5-7,17H,2-4,8-10H2,1H3. The van der Waals surface area contributed by atoms with Crippen LogP contribution in [0.15, 0.2) is 18.2 Å². The SMILES string of the molecule is CN(CCCCCO)Cc1c(F)cccc1F. The van der Waals surface area contributed by atoms with Crippen LogP contribution in [0.2, 0.25) is 0 Å². The van der Waals surface area contributed by atoms with Gasteiger partial charge in [0.15, 0.2) is 0 Å². The normalized spacial score (nSPS) is 11.1. The Balaban J connectivity index is 2.42. The molecule has 1 aromatic rings. The Kier molecular flexibility index (Phi) is 6.08. The van der Waals surface area contributed by atoms with Crippen LogP contribution in [0.25, 0.3) is 0 Å². The molecule has 17 heavy (non-hydrogen) atoms. The lowest BCUT2D eigenvalue weighted by Crippen LogP contribution is -2.20. The third kappa shape index (κ3) is 4.79. The van der Waals surface area contributed by atoms with Gasteiger partial charge in [-0.25, -0.2) is 8.78 Å². The Hall–Kier alpha value is -1.00. The number of aliphatic hydroxyl groups excluding tert-OH is 1. The maximum atomic E-state index is 13.4.